The smallest absolute Gasteiger partial charge is 0.290 e. The summed E-state index contributed by atoms with van der Waals surface area (Å²) >= 11 is 1.46. The molecule has 0 saturated carbocycles. The Balaban J connectivity index is 1.46. The number of amides is 2. The summed E-state index contributed by atoms with van der Waals surface area (Å²) in [5.74, 6) is -0.161. The van der Waals surface area contributed by atoms with Gasteiger partial charge in [-0.1, -0.05) is 0 Å². The molecule has 1 N–H and O–H groups in total. The van der Waals surface area contributed by atoms with Crippen LogP contribution in [0.2, 0.25) is 0 Å². The van der Waals surface area contributed by atoms with Crippen LogP contribution < -0.4 is 5.32 Å². The molecule has 7 nitrogen and oxygen atoms in total. The molecule has 0 aliphatic carbocycles. The van der Waals surface area contributed by atoms with E-state index in [0.717, 1.165) is 29.0 Å². The Labute approximate surface area is 178 Å². The highest BCUT2D eigenvalue weighted by atomic mass is 32.2. The monoisotopic (exact) mass is 422 g/mol. The van der Waals surface area contributed by atoms with Crippen LogP contribution in [0.15, 0.2) is 69.5 Å². The molecule has 4 rings (SSSR count). The van der Waals surface area contributed by atoms with Crippen LogP contribution in [0.5, 0.6) is 0 Å². The van der Waals surface area contributed by atoms with Crippen LogP contribution in [-0.4, -0.2) is 39.3 Å². The molecule has 3 aromatic rings. The lowest BCUT2D eigenvalue weighted by Gasteiger charge is -2.34. The van der Waals surface area contributed by atoms with Crippen molar-refractivity contribution >= 4 is 29.3 Å². The van der Waals surface area contributed by atoms with E-state index in [1.807, 2.05) is 25.1 Å². The number of nitrogens with one attached hydrogen (secondary N) is 1. The van der Waals surface area contributed by atoms with E-state index in [1.54, 1.807) is 35.5 Å². The third kappa shape index (κ3) is 4.54. The fourth-order valence-corrected chi connectivity index (χ4v) is 4.30. The lowest BCUT2D eigenvalue weighted by atomic mass is 10.0. The van der Waals surface area contributed by atoms with Crippen molar-refractivity contribution in [1.82, 2.24) is 14.9 Å². The molecule has 8 heteroatoms. The lowest BCUT2D eigenvalue weighted by molar-refractivity contribution is -0.121. The third-order valence-electron chi connectivity index (χ3n) is 5.01. The standard InChI is InChI=1S/C22H22N4O3S/c1-15-14-16(30-22-23-10-5-11-24-22)8-9-17(15)25-20(27)18-6-2-3-12-26(18)21(28)19-7-4-13-29-19/h4-5,7-11,13-14,18H,2-3,6,12H2,1H3,(H,25,27). The second-order valence-corrected chi connectivity index (χ2v) is 8.13. The molecular formula is C22H22N4O3S. The lowest BCUT2D eigenvalue weighted by Crippen LogP contribution is -2.50. The van der Waals surface area contributed by atoms with E-state index in [2.05, 4.69) is 15.3 Å². The number of likely N-dealkylation sites (tertiary alicyclic amines) is 1. The van der Waals surface area contributed by atoms with Crippen molar-refractivity contribution in [3.8, 4) is 0 Å². The molecule has 3 heterocycles. The predicted octanol–water partition coefficient (Wildman–Crippen LogP) is 4.16. The van der Waals surface area contributed by atoms with E-state index in [4.69, 9.17) is 4.42 Å². The number of benzene rings is 1. The molecule has 2 aromatic heterocycles. The summed E-state index contributed by atoms with van der Waals surface area (Å²) in [6.45, 7) is 2.49. The first kappa shape index (κ1) is 20.2. The van der Waals surface area contributed by atoms with Crippen molar-refractivity contribution in [2.24, 2.45) is 0 Å². The Morgan fingerprint density at radius 3 is 2.73 bits per heavy atom. The molecule has 1 unspecified atom stereocenters. The summed E-state index contributed by atoms with van der Waals surface area (Å²) in [5.41, 5.74) is 1.67. The first-order valence-electron chi connectivity index (χ1n) is 9.82. The van der Waals surface area contributed by atoms with Crippen molar-refractivity contribution in [2.45, 2.75) is 42.3 Å². The van der Waals surface area contributed by atoms with Crippen molar-refractivity contribution in [3.63, 3.8) is 0 Å². The van der Waals surface area contributed by atoms with Gasteiger partial charge in [-0.2, -0.15) is 0 Å². The van der Waals surface area contributed by atoms with Crippen LogP contribution in [0.1, 0.15) is 35.4 Å². The highest BCUT2D eigenvalue weighted by molar-refractivity contribution is 7.99. The van der Waals surface area contributed by atoms with Gasteiger partial charge in [0, 0.05) is 29.5 Å². The SMILES string of the molecule is Cc1cc(Sc2ncccn2)ccc1NC(=O)C1CCCCN1C(=O)c1ccco1. The van der Waals surface area contributed by atoms with Gasteiger partial charge in [0.15, 0.2) is 10.9 Å². The molecule has 1 fully saturated rings. The van der Waals surface area contributed by atoms with E-state index < -0.39 is 6.04 Å². The molecule has 0 bridgehead atoms. The molecule has 154 valence electrons. The number of carbonyl (C=O) groups excluding carboxylic acids is 2. The predicted molar refractivity (Wildman–Crippen MR) is 113 cm³/mol. The average molecular weight is 423 g/mol. The third-order valence-corrected chi connectivity index (χ3v) is 5.89. The van der Waals surface area contributed by atoms with Gasteiger partial charge in [0.1, 0.15) is 6.04 Å². The first-order valence-corrected chi connectivity index (χ1v) is 10.6. The summed E-state index contributed by atoms with van der Waals surface area (Å²) in [4.78, 5) is 36.8. The number of hydrogen-bond acceptors (Lipinski definition) is 6. The molecule has 1 aliphatic rings. The van der Waals surface area contributed by atoms with Crippen LogP contribution in [0.25, 0.3) is 0 Å². The molecule has 30 heavy (non-hydrogen) atoms. The van der Waals surface area contributed by atoms with E-state index in [9.17, 15) is 9.59 Å². The fraction of sp³-hybridized carbons (Fsp3) is 0.273. The van der Waals surface area contributed by atoms with Crippen LogP contribution in [0.4, 0.5) is 5.69 Å². The quantitative estimate of drug-likeness (QED) is 0.621. The number of piperidine rings is 1. The number of hydrogen-bond donors (Lipinski definition) is 1. The van der Waals surface area contributed by atoms with E-state index >= 15 is 0 Å². The van der Waals surface area contributed by atoms with Gasteiger partial charge in [0.2, 0.25) is 5.91 Å². The Kier molecular flexibility index (Phi) is 6.13. The number of nitrogens with zero attached hydrogens (tertiary/aromatic N) is 3. The van der Waals surface area contributed by atoms with Crippen LogP contribution in [0, 0.1) is 6.92 Å². The first-order chi connectivity index (χ1) is 14.6. The Morgan fingerprint density at radius 1 is 1.17 bits per heavy atom. The molecule has 0 radical (unpaired) electrons. The van der Waals surface area contributed by atoms with Gasteiger partial charge < -0.3 is 14.6 Å². The fourth-order valence-electron chi connectivity index (χ4n) is 3.49. The van der Waals surface area contributed by atoms with Gasteiger partial charge in [0.25, 0.3) is 5.91 Å². The maximum atomic E-state index is 13.0. The molecule has 1 atom stereocenters. The number of anilines is 1. The van der Waals surface area contributed by atoms with Gasteiger partial charge in [0.05, 0.1) is 6.26 Å². The van der Waals surface area contributed by atoms with E-state index in [0.29, 0.717) is 18.1 Å². The number of aromatic nitrogens is 2. The van der Waals surface area contributed by atoms with Gasteiger partial charge in [-0.15, -0.1) is 0 Å². The van der Waals surface area contributed by atoms with Gasteiger partial charge in [-0.05, 0) is 79.9 Å². The van der Waals surface area contributed by atoms with Crippen molar-refractivity contribution in [3.05, 3.63) is 66.4 Å². The van der Waals surface area contributed by atoms with Gasteiger partial charge in [-0.3, -0.25) is 9.59 Å². The molecule has 1 saturated heterocycles. The molecule has 0 spiro atoms. The maximum Gasteiger partial charge on any atom is 0.290 e. The zero-order valence-electron chi connectivity index (χ0n) is 16.6. The van der Waals surface area contributed by atoms with Gasteiger partial charge >= 0.3 is 0 Å². The maximum absolute atomic E-state index is 13.0. The molecule has 1 aliphatic heterocycles. The Bertz CT molecular complexity index is 1020. The van der Waals surface area contributed by atoms with Crippen LogP contribution in [0.3, 0.4) is 0 Å². The normalized spacial score (nSPS) is 16.3. The van der Waals surface area contributed by atoms with E-state index in [-0.39, 0.29) is 17.6 Å². The van der Waals surface area contributed by atoms with Crippen molar-refractivity contribution in [1.29, 1.82) is 0 Å². The second-order valence-electron chi connectivity index (χ2n) is 7.09. The van der Waals surface area contributed by atoms with E-state index in [1.165, 1.54) is 18.0 Å². The zero-order valence-corrected chi connectivity index (χ0v) is 17.4. The summed E-state index contributed by atoms with van der Waals surface area (Å²) in [7, 11) is 0. The molecule has 1 aromatic carbocycles. The number of rotatable bonds is 5. The minimum absolute atomic E-state index is 0.176. The summed E-state index contributed by atoms with van der Waals surface area (Å²) in [6.07, 6.45) is 7.30. The van der Waals surface area contributed by atoms with Gasteiger partial charge in [-0.25, -0.2) is 9.97 Å². The number of furan rings is 1. The second kappa shape index (κ2) is 9.13. The summed E-state index contributed by atoms with van der Waals surface area (Å²) < 4.78 is 5.24. The molecular weight excluding hydrogens is 400 g/mol. The Hall–Kier alpha value is -3.13. The summed E-state index contributed by atoms with van der Waals surface area (Å²) in [6, 6.07) is 10.4. The minimum Gasteiger partial charge on any atom is -0.459 e. The number of carbonyl (C=O) groups is 2. The van der Waals surface area contributed by atoms with Crippen molar-refractivity contribution < 1.29 is 14.0 Å². The average Bonchev–Trinajstić information content (AvgIpc) is 3.31. The molecule has 2 amide bonds. The topological polar surface area (TPSA) is 88.3 Å². The Morgan fingerprint density at radius 2 is 2.00 bits per heavy atom. The largest absolute Gasteiger partial charge is 0.459 e. The summed E-state index contributed by atoms with van der Waals surface area (Å²) in [5, 5.41) is 3.67. The highest BCUT2D eigenvalue weighted by Gasteiger charge is 2.33. The van der Waals surface area contributed by atoms with Crippen LogP contribution in [-0.2, 0) is 4.79 Å². The zero-order chi connectivity index (χ0) is 20.9. The highest BCUT2D eigenvalue weighted by Crippen LogP contribution is 2.28. The van der Waals surface area contributed by atoms with Crippen molar-refractivity contribution in [2.75, 3.05) is 11.9 Å². The number of aryl methyl sites for hydroxylation is 1. The van der Waals surface area contributed by atoms with Crippen LogP contribution >= 0.6 is 11.8 Å². The minimum atomic E-state index is -0.512.